The Bertz CT molecular complexity index is 648. The van der Waals surface area contributed by atoms with Gasteiger partial charge >= 0.3 is 0 Å². The van der Waals surface area contributed by atoms with Crippen LogP contribution in [0, 0.1) is 5.82 Å². The van der Waals surface area contributed by atoms with Crippen molar-refractivity contribution in [1.82, 2.24) is 0 Å². The number of hydrogen-bond acceptors (Lipinski definition) is 3. The number of nitrogens with one attached hydrogen (secondary N) is 1. The fourth-order valence-electron chi connectivity index (χ4n) is 2.37. The fourth-order valence-corrected chi connectivity index (χ4v) is 2.73. The van der Waals surface area contributed by atoms with Gasteiger partial charge in [0.1, 0.15) is 11.6 Å². The number of halogens is 2. The van der Waals surface area contributed by atoms with Crippen molar-refractivity contribution in [3.63, 3.8) is 0 Å². The van der Waals surface area contributed by atoms with E-state index >= 15 is 0 Å². The summed E-state index contributed by atoms with van der Waals surface area (Å²) in [7, 11) is 0. The maximum Gasteiger partial charge on any atom is 0.139 e. The topological polar surface area (TPSA) is 47.3 Å². The van der Waals surface area contributed by atoms with E-state index in [0.29, 0.717) is 22.5 Å². The molecule has 1 aliphatic rings. The summed E-state index contributed by atoms with van der Waals surface area (Å²) < 4.78 is 19.6. The quantitative estimate of drug-likeness (QED) is 0.811. The van der Waals surface area contributed by atoms with E-state index in [1.54, 1.807) is 6.07 Å². The standard InChI is InChI=1S/C15H14BrFN2O/c16-10-7-12(18)14(8-11(10)17)19-13-5-6-20-15-4-2-1-3-9(13)15/h1-4,7-8,13,19H,5-6,18H2. The minimum absolute atomic E-state index is 0.0721. The smallest absolute Gasteiger partial charge is 0.139 e. The van der Waals surface area contributed by atoms with Crippen molar-refractivity contribution in [2.24, 2.45) is 0 Å². The van der Waals surface area contributed by atoms with Crippen LogP contribution in [0.5, 0.6) is 5.75 Å². The fraction of sp³-hybridized carbons (Fsp3) is 0.200. The van der Waals surface area contributed by atoms with Crippen LogP contribution in [0.1, 0.15) is 18.0 Å². The van der Waals surface area contributed by atoms with Gasteiger partial charge in [-0.3, -0.25) is 0 Å². The van der Waals surface area contributed by atoms with Crippen LogP contribution in [0.4, 0.5) is 15.8 Å². The van der Waals surface area contributed by atoms with Gasteiger partial charge in [-0.05, 0) is 28.1 Å². The van der Waals surface area contributed by atoms with Crippen molar-refractivity contribution in [2.75, 3.05) is 17.7 Å². The van der Waals surface area contributed by atoms with Gasteiger partial charge in [-0.15, -0.1) is 0 Å². The maximum absolute atomic E-state index is 13.6. The Morgan fingerprint density at radius 3 is 2.95 bits per heavy atom. The first-order chi connectivity index (χ1) is 9.65. The molecule has 0 aromatic heterocycles. The number of hydrogen-bond donors (Lipinski definition) is 2. The molecular weight excluding hydrogens is 323 g/mol. The molecule has 1 atom stereocenters. The van der Waals surface area contributed by atoms with Crippen LogP contribution in [-0.4, -0.2) is 6.61 Å². The predicted molar refractivity (Wildman–Crippen MR) is 81.4 cm³/mol. The van der Waals surface area contributed by atoms with Crippen molar-refractivity contribution >= 4 is 27.3 Å². The number of nitrogen functional groups attached to an aromatic ring is 1. The predicted octanol–water partition coefficient (Wildman–Crippen LogP) is 4.11. The molecule has 0 spiro atoms. The molecule has 3 N–H and O–H groups in total. The normalized spacial score (nSPS) is 17.2. The molecule has 104 valence electrons. The maximum atomic E-state index is 13.6. The van der Waals surface area contributed by atoms with Crippen LogP contribution in [-0.2, 0) is 0 Å². The largest absolute Gasteiger partial charge is 0.493 e. The van der Waals surface area contributed by atoms with E-state index in [1.807, 2.05) is 24.3 Å². The van der Waals surface area contributed by atoms with E-state index in [0.717, 1.165) is 17.7 Å². The van der Waals surface area contributed by atoms with Gasteiger partial charge < -0.3 is 15.8 Å². The summed E-state index contributed by atoms with van der Waals surface area (Å²) in [6.07, 6.45) is 0.814. The molecule has 3 nitrogen and oxygen atoms in total. The molecule has 1 aliphatic heterocycles. The van der Waals surface area contributed by atoms with Crippen LogP contribution in [0.25, 0.3) is 0 Å². The van der Waals surface area contributed by atoms with Crippen molar-refractivity contribution in [1.29, 1.82) is 0 Å². The zero-order valence-electron chi connectivity index (χ0n) is 10.7. The lowest BCUT2D eigenvalue weighted by Crippen LogP contribution is -2.20. The highest BCUT2D eigenvalue weighted by Gasteiger charge is 2.21. The van der Waals surface area contributed by atoms with E-state index in [9.17, 15) is 4.39 Å². The molecular formula is C15H14BrFN2O. The molecule has 2 aromatic rings. The summed E-state index contributed by atoms with van der Waals surface area (Å²) in [5, 5.41) is 3.31. The first-order valence-electron chi connectivity index (χ1n) is 6.38. The number of anilines is 2. The molecule has 2 aromatic carbocycles. The Hall–Kier alpha value is -1.75. The lowest BCUT2D eigenvalue weighted by Gasteiger charge is -2.28. The third-order valence-corrected chi connectivity index (χ3v) is 3.99. The average Bonchev–Trinajstić information content (AvgIpc) is 2.45. The number of para-hydroxylation sites is 1. The molecule has 1 unspecified atom stereocenters. The van der Waals surface area contributed by atoms with Crippen molar-refractivity contribution in [3.05, 3.63) is 52.3 Å². The first-order valence-corrected chi connectivity index (χ1v) is 7.17. The Labute approximate surface area is 125 Å². The Kier molecular flexibility index (Phi) is 3.53. The molecule has 5 heteroatoms. The third-order valence-electron chi connectivity index (χ3n) is 3.38. The van der Waals surface area contributed by atoms with E-state index in [-0.39, 0.29) is 11.9 Å². The van der Waals surface area contributed by atoms with Crippen molar-refractivity contribution in [3.8, 4) is 5.75 Å². The van der Waals surface area contributed by atoms with Gasteiger partial charge in [-0.1, -0.05) is 18.2 Å². The number of rotatable bonds is 2. The van der Waals surface area contributed by atoms with E-state index in [2.05, 4.69) is 21.2 Å². The van der Waals surface area contributed by atoms with Crippen LogP contribution in [0.15, 0.2) is 40.9 Å². The van der Waals surface area contributed by atoms with Crippen LogP contribution in [0.3, 0.4) is 0 Å². The Morgan fingerprint density at radius 2 is 2.10 bits per heavy atom. The number of ether oxygens (including phenoxy) is 1. The minimum Gasteiger partial charge on any atom is -0.493 e. The summed E-state index contributed by atoms with van der Waals surface area (Å²) in [5.74, 6) is 0.537. The molecule has 0 bridgehead atoms. The summed E-state index contributed by atoms with van der Waals surface area (Å²) in [6.45, 7) is 0.633. The van der Waals surface area contributed by atoms with Crippen LogP contribution >= 0.6 is 15.9 Å². The van der Waals surface area contributed by atoms with E-state index in [1.165, 1.54) is 6.07 Å². The van der Waals surface area contributed by atoms with E-state index in [4.69, 9.17) is 10.5 Å². The van der Waals surface area contributed by atoms with Gasteiger partial charge in [0, 0.05) is 18.1 Å². The van der Waals surface area contributed by atoms with Gasteiger partial charge in [0.15, 0.2) is 0 Å². The highest BCUT2D eigenvalue weighted by molar-refractivity contribution is 9.10. The summed E-state index contributed by atoms with van der Waals surface area (Å²) in [5.41, 5.74) is 8.13. The zero-order chi connectivity index (χ0) is 14.1. The van der Waals surface area contributed by atoms with E-state index < -0.39 is 0 Å². The lowest BCUT2D eigenvalue weighted by atomic mass is 10.00. The van der Waals surface area contributed by atoms with Gasteiger partial charge in [0.2, 0.25) is 0 Å². The molecule has 1 heterocycles. The first kappa shape index (κ1) is 13.2. The summed E-state index contributed by atoms with van der Waals surface area (Å²) in [6, 6.07) is 10.9. The van der Waals surface area contributed by atoms with Gasteiger partial charge in [-0.25, -0.2) is 4.39 Å². The summed E-state index contributed by atoms with van der Waals surface area (Å²) in [4.78, 5) is 0. The molecule has 3 rings (SSSR count). The second-order valence-corrected chi connectivity index (χ2v) is 5.58. The third kappa shape index (κ3) is 2.45. The number of benzene rings is 2. The molecule has 0 saturated heterocycles. The molecule has 0 aliphatic carbocycles. The van der Waals surface area contributed by atoms with Crippen LogP contribution < -0.4 is 15.8 Å². The van der Waals surface area contributed by atoms with Crippen molar-refractivity contribution < 1.29 is 9.13 Å². The molecule has 0 amide bonds. The second-order valence-electron chi connectivity index (χ2n) is 4.73. The van der Waals surface area contributed by atoms with Gasteiger partial charge in [0.25, 0.3) is 0 Å². The lowest BCUT2D eigenvalue weighted by molar-refractivity contribution is 0.274. The molecule has 0 fully saturated rings. The summed E-state index contributed by atoms with van der Waals surface area (Å²) >= 11 is 3.13. The average molecular weight is 337 g/mol. The highest BCUT2D eigenvalue weighted by atomic mass is 79.9. The Balaban J connectivity index is 1.91. The molecule has 0 radical (unpaired) electrons. The molecule has 0 saturated carbocycles. The van der Waals surface area contributed by atoms with Gasteiger partial charge in [-0.2, -0.15) is 0 Å². The highest BCUT2D eigenvalue weighted by Crippen LogP contribution is 2.36. The minimum atomic E-state index is -0.331. The van der Waals surface area contributed by atoms with Gasteiger partial charge in [0.05, 0.1) is 28.5 Å². The van der Waals surface area contributed by atoms with Crippen molar-refractivity contribution in [2.45, 2.75) is 12.5 Å². The van der Waals surface area contributed by atoms with Crippen LogP contribution in [0.2, 0.25) is 0 Å². The monoisotopic (exact) mass is 336 g/mol. The Morgan fingerprint density at radius 1 is 1.30 bits per heavy atom. The molecule has 20 heavy (non-hydrogen) atoms. The number of nitrogens with two attached hydrogens (primary N) is 1. The number of fused-ring (bicyclic) bond motifs is 1. The second kappa shape index (κ2) is 5.32. The SMILES string of the molecule is Nc1cc(Br)c(F)cc1NC1CCOc2ccccc21. The zero-order valence-corrected chi connectivity index (χ0v) is 12.3.